The number of ether oxygens (including phenoxy) is 2. The lowest BCUT2D eigenvalue weighted by Crippen LogP contribution is -2.45. The van der Waals surface area contributed by atoms with E-state index in [-0.39, 0.29) is 12.3 Å². The van der Waals surface area contributed by atoms with Crippen molar-refractivity contribution in [3.8, 4) is 5.75 Å². The van der Waals surface area contributed by atoms with Crippen LogP contribution >= 0.6 is 0 Å². The van der Waals surface area contributed by atoms with Crippen molar-refractivity contribution >= 4 is 6.09 Å². The van der Waals surface area contributed by atoms with Crippen LogP contribution in [0.4, 0.5) is 4.79 Å². The van der Waals surface area contributed by atoms with Crippen molar-refractivity contribution in [2.75, 3.05) is 27.3 Å². The van der Waals surface area contributed by atoms with Gasteiger partial charge < -0.3 is 9.47 Å². The van der Waals surface area contributed by atoms with E-state index < -0.39 is 0 Å². The maximum absolute atomic E-state index is 12.2. The van der Waals surface area contributed by atoms with Gasteiger partial charge in [0, 0.05) is 6.54 Å². The molecule has 1 atom stereocenters. The molecule has 1 aliphatic heterocycles. The van der Waals surface area contributed by atoms with Crippen molar-refractivity contribution < 1.29 is 14.3 Å². The van der Waals surface area contributed by atoms with Crippen LogP contribution in [0.3, 0.4) is 0 Å². The molecule has 2 aromatic rings. The summed E-state index contributed by atoms with van der Waals surface area (Å²) in [6.07, 6.45) is 0.622. The second kappa shape index (κ2) is 8.03. The molecule has 0 aliphatic carbocycles. The molecule has 132 valence electrons. The van der Waals surface area contributed by atoms with Gasteiger partial charge >= 0.3 is 6.09 Å². The Hall–Kier alpha value is -2.53. The van der Waals surface area contributed by atoms with Crippen LogP contribution in [0.1, 0.15) is 11.1 Å². The molecule has 3 rings (SSSR count). The van der Waals surface area contributed by atoms with Crippen LogP contribution in [0.5, 0.6) is 5.75 Å². The lowest BCUT2D eigenvalue weighted by atomic mass is 10.1. The number of hydrogen-bond donors (Lipinski definition) is 0. The molecule has 5 nitrogen and oxygen atoms in total. The van der Waals surface area contributed by atoms with E-state index in [1.54, 1.807) is 12.0 Å². The fraction of sp³-hybridized carbons (Fsp3) is 0.350. The summed E-state index contributed by atoms with van der Waals surface area (Å²) in [5.41, 5.74) is 2.32. The molecule has 0 spiro atoms. The molecule has 5 heteroatoms. The number of likely N-dealkylation sites (N-methyl/N-ethyl adjacent to an activating group) is 1. The van der Waals surface area contributed by atoms with Crippen molar-refractivity contribution in [1.29, 1.82) is 0 Å². The smallest absolute Gasteiger partial charge is 0.411 e. The van der Waals surface area contributed by atoms with E-state index in [1.807, 2.05) is 49.5 Å². The first-order chi connectivity index (χ1) is 12.2. The van der Waals surface area contributed by atoms with Gasteiger partial charge in [-0.15, -0.1) is 0 Å². The Balaban J connectivity index is 1.64. The van der Waals surface area contributed by atoms with Gasteiger partial charge in [-0.2, -0.15) is 0 Å². The maximum Gasteiger partial charge on any atom is 0.411 e. The molecule has 2 aromatic carbocycles. The number of hydrogen-bond acceptors (Lipinski definition) is 4. The van der Waals surface area contributed by atoms with Crippen molar-refractivity contribution in [3.05, 3.63) is 65.7 Å². The van der Waals surface area contributed by atoms with E-state index in [4.69, 9.17) is 9.47 Å². The number of cyclic esters (lactones) is 1. The summed E-state index contributed by atoms with van der Waals surface area (Å²) in [6, 6.07) is 18.1. The highest BCUT2D eigenvalue weighted by Crippen LogP contribution is 2.21. The molecule has 25 heavy (non-hydrogen) atoms. The van der Waals surface area contributed by atoms with Gasteiger partial charge in [-0.3, -0.25) is 9.80 Å². The maximum atomic E-state index is 12.2. The van der Waals surface area contributed by atoms with Crippen molar-refractivity contribution in [1.82, 2.24) is 9.80 Å². The average Bonchev–Trinajstić information content (AvgIpc) is 3.01. The molecular formula is C20H24N2O3. The number of rotatable bonds is 7. The van der Waals surface area contributed by atoms with Gasteiger partial charge in [-0.1, -0.05) is 42.5 Å². The van der Waals surface area contributed by atoms with Crippen LogP contribution < -0.4 is 4.74 Å². The summed E-state index contributed by atoms with van der Waals surface area (Å²) in [6.45, 7) is 1.77. The van der Waals surface area contributed by atoms with Crippen LogP contribution in [0, 0.1) is 0 Å². The molecular weight excluding hydrogens is 316 g/mol. The van der Waals surface area contributed by atoms with E-state index in [9.17, 15) is 4.79 Å². The fourth-order valence-electron chi connectivity index (χ4n) is 3.04. The van der Waals surface area contributed by atoms with Crippen molar-refractivity contribution in [3.63, 3.8) is 0 Å². The quantitative estimate of drug-likeness (QED) is 0.776. The Bertz CT molecular complexity index is 705. The Morgan fingerprint density at radius 3 is 2.68 bits per heavy atom. The zero-order valence-corrected chi connectivity index (χ0v) is 14.7. The summed E-state index contributed by atoms with van der Waals surface area (Å²) < 4.78 is 10.6. The average molecular weight is 340 g/mol. The number of benzene rings is 2. The highest BCUT2D eigenvalue weighted by atomic mass is 16.6. The molecule has 0 unspecified atom stereocenters. The number of nitrogens with zero attached hydrogens (tertiary/aromatic N) is 2. The van der Waals surface area contributed by atoms with Crippen molar-refractivity contribution in [2.45, 2.75) is 19.1 Å². The third kappa shape index (κ3) is 4.31. The Morgan fingerprint density at radius 2 is 1.92 bits per heavy atom. The van der Waals surface area contributed by atoms with Crippen molar-refractivity contribution in [2.24, 2.45) is 0 Å². The van der Waals surface area contributed by atoms with E-state index in [0.717, 1.165) is 24.3 Å². The third-order valence-electron chi connectivity index (χ3n) is 4.54. The highest BCUT2D eigenvalue weighted by Gasteiger charge is 2.35. The van der Waals surface area contributed by atoms with Gasteiger partial charge in [0.2, 0.25) is 0 Å². The summed E-state index contributed by atoms with van der Waals surface area (Å²) in [7, 11) is 3.68. The van der Waals surface area contributed by atoms with Crippen LogP contribution in [0.2, 0.25) is 0 Å². The number of carbonyl (C=O) groups is 1. The molecule has 0 bridgehead atoms. The molecule has 1 amide bonds. The molecule has 1 heterocycles. The van der Waals surface area contributed by atoms with E-state index in [1.165, 1.54) is 5.56 Å². The topological polar surface area (TPSA) is 42.0 Å². The second-order valence-electron chi connectivity index (χ2n) is 6.25. The van der Waals surface area contributed by atoms with Gasteiger partial charge in [0.25, 0.3) is 0 Å². The zero-order chi connectivity index (χ0) is 17.6. The lowest BCUT2D eigenvalue weighted by molar-refractivity contribution is 0.115. The summed E-state index contributed by atoms with van der Waals surface area (Å²) in [5.74, 6) is 0.791. The predicted molar refractivity (Wildman–Crippen MR) is 96.4 cm³/mol. The summed E-state index contributed by atoms with van der Waals surface area (Å²) in [4.78, 5) is 16.1. The van der Waals surface area contributed by atoms with Gasteiger partial charge in [0.15, 0.2) is 0 Å². The first-order valence-corrected chi connectivity index (χ1v) is 8.48. The molecule has 1 saturated heterocycles. The minimum Gasteiger partial charge on any atom is -0.497 e. The van der Waals surface area contributed by atoms with E-state index in [2.05, 4.69) is 17.0 Å². The molecule has 0 saturated carbocycles. The van der Waals surface area contributed by atoms with Gasteiger partial charge in [-0.25, -0.2) is 4.79 Å². The fourth-order valence-corrected chi connectivity index (χ4v) is 3.04. The van der Waals surface area contributed by atoms with Crippen LogP contribution in [-0.4, -0.2) is 49.4 Å². The minimum atomic E-state index is -0.264. The third-order valence-corrected chi connectivity index (χ3v) is 4.54. The van der Waals surface area contributed by atoms with Crippen LogP contribution in [0.15, 0.2) is 54.6 Å². The first kappa shape index (κ1) is 17.3. The molecule has 0 aromatic heterocycles. The SMILES string of the molecule is COc1cccc(CN2C(=O)OC[C@@H]2N(C)CCc2ccccc2)c1. The van der Waals surface area contributed by atoms with Crippen LogP contribution in [0.25, 0.3) is 0 Å². The van der Waals surface area contributed by atoms with E-state index in [0.29, 0.717) is 13.2 Å². The Kier molecular flexibility index (Phi) is 5.56. The number of carbonyl (C=O) groups excluding carboxylic acids is 1. The molecule has 0 radical (unpaired) electrons. The highest BCUT2D eigenvalue weighted by molar-refractivity contribution is 5.70. The van der Waals surface area contributed by atoms with Gasteiger partial charge in [-0.05, 0) is 36.7 Å². The Morgan fingerprint density at radius 1 is 1.16 bits per heavy atom. The molecule has 1 aliphatic rings. The van der Waals surface area contributed by atoms with Gasteiger partial charge in [0.1, 0.15) is 18.5 Å². The standard InChI is InChI=1S/C20H24N2O3/c1-21(12-11-16-7-4-3-5-8-16)19-15-25-20(23)22(19)14-17-9-6-10-18(13-17)24-2/h3-10,13,19H,11-12,14-15H2,1-2H3/t19-/m1/s1. The zero-order valence-electron chi connectivity index (χ0n) is 14.7. The second-order valence-corrected chi connectivity index (χ2v) is 6.25. The Labute approximate surface area is 148 Å². The summed E-state index contributed by atoms with van der Waals surface area (Å²) >= 11 is 0. The van der Waals surface area contributed by atoms with E-state index >= 15 is 0 Å². The molecule has 1 fully saturated rings. The number of methoxy groups -OCH3 is 1. The number of amides is 1. The molecule has 0 N–H and O–H groups in total. The largest absolute Gasteiger partial charge is 0.497 e. The van der Waals surface area contributed by atoms with Crippen LogP contribution in [-0.2, 0) is 17.7 Å². The summed E-state index contributed by atoms with van der Waals surface area (Å²) in [5, 5.41) is 0. The first-order valence-electron chi connectivity index (χ1n) is 8.48. The monoisotopic (exact) mass is 340 g/mol. The van der Waals surface area contributed by atoms with Gasteiger partial charge in [0.05, 0.1) is 13.7 Å². The normalized spacial score (nSPS) is 17.0. The lowest BCUT2D eigenvalue weighted by Gasteiger charge is -2.29. The predicted octanol–water partition coefficient (Wildman–Crippen LogP) is 3.15. The minimum absolute atomic E-state index is 0.0533.